The van der Waals surface area contributed by atoms with Gasteiger partial charge in [-0.15, -0.1) is 0 Å². The summed E-state index contributed by atoms with van der Waals surface area (Å²) in [5, 5.41) is 0. The standard InChI is InChI=1S/C25H24FNO2S/c26-23-6-4-5-17(16-23)18-9-10-19-13-20-11-12-21(15-22(19)14-18)25(20)27-30(28,29)24-7-2-1-3-8-24/h1-10,14,16,20-21,25,27H,11-13,15H2. The van der Waals surface area contributed by atoms with Crippen LogP contribution in [-0.2, 0) is 22.9 Å². The van der Waals surface area contributed by atoms with E-state index in [1.807, 2.05) is 12.1 Å². The van der Waals surface area contributed by atoms with E-state index >= 15 is 0 Å². The Morgan fingerprint density at radius 1 is 0.767 bits per heavy atom. The number of benzene rings is 3. The molecule has 5 rings (SSSR count). The van der Waals surface area contributed by atoms with E-state index in [0.29, 0.717) is 10.8 Å². The minimum Gasteiger partial charge on any atom is -0.207 e. The molecule has 0 heterocycles. The average molecular weight is 422 g/mol. The van der Waals surface area contributed by atoms with Crippen LogP contribution in [0, 0.1) is 17.7 Å². The number of rotatable bonds is 4. The van der Waals surface area contributed by atoms with Crippen molar-refractivity contribution in [2.75, 3.05) is 0 Å². The molecule has 0 aliphatic heterocycles. The average Bonchev–Trinajstić information content (AvgIpc) is 3.01. The molecule has 1 N–H and O–H groups in total. The molecule has 3 atom stereocenters. The Hall–Kier alpha value is -2.50. The van der Waals surface area contributed by atoms with E-state index in [9.17, 15) is 12.8 Å². The molecule has 30 heavy (non-hydrogen) atoms. The summed E-state index contributed by atoms with van der Waals surface area (Å²) in [6.07, 6.45) is 3.78. The number of halogens is 1. The topological polar surface area (TPSA) is 46.2 Å². The van der Waals surface area contributed by atoms with E-state index in [1.165, 1.54) is 17.2 Å². The minimum atomic E-state index is -3.54. The number of sulfonamides is 1. The van der Waals surface area contributed by atoms with Gasteiger partial charge in [-0.1, -0.05) is 48.5 Å². The predicted octanol–water partition coefficient (Wildman–Crippen LogP) is 4.96. The summed E-state index contributed by atoms with van der Waals surface area (Å²) in [6.45, 7) is 0. The molecule has 1 saturated carbocycles. The van der Waals surface area contributed by atoms with Gasteiger partial charge in [-0.3, -0.25) is 0 Å². The zero-order valence-corrected chi connectivity index (χ0v) is 17.4. The van der Waals surface area contributed by atoms with Crippen LogP contribution in [0.15, 0.2) is 77.7 Å². The molecular weight excluding hydrogens is 397 g/mol. The fourth-order valence-electron chi connectivity index (χ4n) is 5.10. The van der Waals surface area contributed by atoms with Gasteiger partial charge in [-0.2, -0.15) is 0 Å². The molecule has 0 saturated heterocycles. The Bertz CT molecular complexity index is 1180. The van der Waals surface area contributed by atoms with Crippen molar-refractivity contribution in [3.05, 3.63) is 89.7 Å². The quantitative estimate of drug-likeness (QED) is 0.647. The van der Waals surface area contributed by atoms with Crippen molar-refractivity contribution in [3.8, 4) is 11.1 Å². The van der Waals surface area contributed by atoms with Gasteiger partial charge in [0.05, 0.1) is 4.90 Å². The second kappa shape index (κ2) is 7.64. The van der Waals surface area contributed by atoms with Crippen LogP contribution in [0.2, 0.25) is 0 Å². The normalized spacial score (nSPS) is 23.0. The maximum atomic E-state index is 13.7. The molecule has 0 spiro atoms. The Kier molecular flexibility index (Phi) is 4.95. The fourth-order valence-corrected chi connectivity index (χ4v) is 6.49. The first-order valence-electron chi connectivity index (χ1n) is 10.4. The fraction of sp³-hybridized carbons (Fsp3) is 0.280. The van der Waals surface area contributed by atoms with Crippen LogP contribution in [0.4, 0.5) is 4.39 Å². The second-order valence-corrected chi connectivity index (χ2v) is 10.2. The number of hydrogen-bond acceptors (Lipinski definition) is 2. The molecule has 2 aliphatic rings. The molecule has 3 unspecified atom stereocenters. The van der Waals surface area contributed by atoms with Crippen LogP contribution < -0.4 is 4.72 Å². The molecule has 1 fully saturated rings. The molecule has 154 valence electrons. The van der Waals surface area contributed by atoms with Crippen LogP contribution in [-0.4, -0.2) is 14.5 Å². The Morgan fingerprint density at radius 2 is 1.47 bits per heavy atom. The Labute approximate surface area is 177 Å². The third kappa shape index (κ3) is 3.68. The SMILES string of the molecule is O=S(=O)(NC1C2CCC1Cc1cc(-c3cccc(F)c3)ccc1C2)c1ccccc1. The van der Waals surface area contributed by atoms with Crippen LogP contribution in [0.5, 0.6) is 0 Å². The first kappa shape index (κ1) is 19.5. The summed E-state index contributed by atoms with van der Waals surface area (Å²) in [5.74, 6) is 0.337. The lowest BCUT2D eigenvalue weighted by molar-refractivity contribution is 0.386. The molecule has 0 aromatic heterocycles. The molecule has 2 aliphatic carbocycles. The van der Waals surface area contributed by atoms with Crippen molar-refractivity contribution in [1.82, 2.24) is 4.72 Å². The summed E-state index contributed by atoms with van der Waals surface area (Å²) in [4.78, 5) is 0.319. The smallest absolute Gasteiger partial charge is 0.207 e. The molecular formula is C25H24FNO2S. The van der Waals surface area contributed by atoms with Gasteiger partial charge in [0.1, 0.15) is 5.82 Å². The lowest BCUT2D eigenvalue weighted by Gasteiger charge is -2.23. The highest BCUT2D eigenvalue weighted by Crippen LogP contribution is 2.41. The van der Waals surface area contributed by atoms with E-state index in [2.05, 4.69) is 22.9 Å². The summed E-state index contributed by atoms with van der Waals surface area (Å²) < 4.78 is 42.5. The van der Waals surface area contributed by atoms with Gasteiger partial charge in [-0.25, -0.2) is 17.5 Å². The zero-order valence-electron chi connectivity index (χ0n) is 16.6. The summed E-state index contributed by atoms with van der Waals surface area (Å²) in [5.41, 5.74) is 4.42. The third-order valence-corrected chi connectivity index (χ3v) is 8.07. The number of nitrogens with one attached hydrogen (secondary N) is 1. The zero-order chi connectivity index (χ0) is 20.7. The second-order valence-electron chi connectivity index (χ2n) is 8.46. The molecule has 0 radical (unpaired) electrons. The van der Waals surface area contributed by atoms with Crippen molar-refractivity contribution in [2.45, 2.75) is 36.6 Å². The molecule has 5 heteroatoms. The van der Waals surface area contributed by atoms with Gasteiger partial charge in [0, 0.05) is 6.04 Å². The molecule has 3 aromatic rings. The van der Waals surface area contributed by atoms with Crippen molar-refractivity contribution < 1.29 is 12.8 Å². The van der Waals surface area contributed by atoms with Crippen molar-refractivity contribution >= 4 is 10.0 Å². The Morgan fingerprint density at radius 3 is 2.20 bits per heavy atom. The molecule has 2 bridgehead atoms. The number of fused-ring (bicyclic) bond motifs is 3. The van der Waals surface area contributed by atoms with E-state index in [4.69, 9.17) is 0 Å². The first-order chi connectivity index (χ1) is 14.5. The molecule has 3 aromatic carbocycles. The van der Waals surface area contributed by atoms with Crippen molar-refractivity contribution in [2.24, 2.45) is 11.8 Å². The maximum Gasteiger partial charge on any atom is 0.240 e. The van der Waals surface area contributed by atoms with Crippen LogP contribution in [0.1, 0.15) is 24.0 Å². The van der Waals surface area contributed by atoms with Gasteiger partial charge in [0.2, 0.25) is 10.0 Å². The molecule has 0 amide bonds. The van der Waals surface area contributed by atoms with E-state index in [0.717, 1.165) is 36.8 Å². The lowest BCUT2D eigenvalue weighted by atomic mass is 9.90. The van der Waals surface area contributed by atoms with E-state index in [1.54, 1.807) is 36.4 Å². The third-order valence-electron chi connectivity index (χ3n) is 6.60. The summed E-state index contributed by atoms with van der Waals surface area (Å²) >= 11 is 0. The van der Waals surface area contributed by atoms with Crippen LogP contribution >= 0.6 is 0 Å². The lowest BCUT2D eigenvalue weighted by Crippen LogP contribution is -2.41. The monoisotopic (exact) mass is 421 g/mol. The van der Waals surface area contributed by atoms with Gasteiger partial charge < -0.3 is 0 Å². The van der Waals surface area contributed by atoms with Gasteiger partial charge in [0.15, 0.2) is 0 Å². The largest absolute Gasteiger partial charge is 0.240 e. The van der Waals surface area contributed by atoms with E-state index in [-0.39, 0.29) is 17.8 Å². The highest BCUT2D eigenvalue weighted by atomic mass is 32.2. The minimum absolute atomic E-state index is 0.0553. The van der Waals surface area contributed by atoms with Crippen molar-refractivity contribution in [1.29, 1.82) is 0 Å². The predicted molar refractivity (Wildman–Crippen MR) is 116 cm³/mol. The van der Waals surface area contributed by atoms with Gasteiger partial charge in [-0.05, 0) is 84.0 Å². The Balaban J connectivity index is 1.43. The van der Waals surface area contributed by atoms with Crippen molar-refractivity contribution in [3.63, 3.8) is 0 Å². The summed E-state index contributed by atoms with van der Waals surface area (Å²) in [7, 11) is -3.54. The van der Waals surface area contributed by atoms with Gasteiger partial charge >= 0.3 is 0 Å². The number of hydrogen-bond donors (Lipinski definition) is 1. The van der Waals surface area contributed by atoms with Crippen LogP contribution in [0.3, 0.4) is 0 Å². The highest BCUT2D eigenvalue weighted by molar-refractivity contribution is 7.89. The maximum absolute atomic E-state index is 13.7. The van der Waals surface area contributed by atoms with E-state index < -0.39 is 10.0 Å². The van der Waals surface area contributed by atoms with Gasteiger partial charge in [0.25, 0.3) is 0 Å². The highest BCUT2D eigenvalue weighted by Gasteiger charge is 2.41. The first-order valence-corrected chi connectivity index (χ1v) is 11.9. The molecule has 3 nitrogen and oxygen atoms in total. The van der Waals surface area contributed by atoms with Crippen LogP contribution in [0.25, 0.3) is 11.1 Å². The summed E-state index contributed by atoms with van der Waals surface area (Å²) in [6, 6.07) is 21.6.